The summed E-state index contributed by atoms with van der Waals surface area (Å²) in [5, 5.41) is 11.1. The number of allylic oxidation sites excluding steroid dienone is 1. The second kappa shape index (κ2) is 10.00. The van der Waals surface area contributed by atoms with Crippen LogP contribution in [0, 0.1) is 0 Å². The SMILES string of the molecule is COc1cccc2c1C/C(=C/CCN1CCC(O)(Cc3ccccc3)CC1)c1cccnc1O2. The van der Waals surface area contributed by atoms with Gasteiger partial charge >= 0.3 is 0 Å². The van der Waals surface area contributed by atoms with Crippen LogP contribution in [0.3, 0.4) is 0 Å². The van der Waals surface area contributed by atoms with Crippen molar-refractivity contribution in [1.82, 2.24) is 9.88 Å². The Bertz CT molecular complexity index is 1150. The molecule has 1 fully saturated rings. The fourth-order valence-corrected chi connectivity index (χ4v) is 5.06. The molecular weight excluding hydrogens is 424 g/mol. The van der Waals surface area contributed by atoms with Gasteiger partial charge in [-0.1, -0.05) is 42.5 Å². The Morgan fingerprint density at radius 1 is 1.06 bits per heavy atom. The Kier molecular flexibility index (Phi) is 6.66. The third kappa shape index (κ3) is 5.01. The monoisotopic (exact) mass is 456 g/mol. The van der Waals surface area contributed by atoms with Crippen LogP contribution >= 0.6 is 0 Å². The molecule has 0 aliphatic carbocycles. The fraction of sp³-hybridized carbons (Fsp3) is 0.345. The van der Waals surface area contributed by atoms with Crippen molar-refractivity contribution in [3.05, 3.63) is 89.6 Å². The van der Waals surface area contributed by atoms with Gasteiger partial charge in [0.15, 0.2) is 0 Å². The highest BCUT2D eigenvalue weighted by atomic mass is 16.5. The predicted molar refractivity (Wildman–Crippen MR) is 134 cm³/mol. The van der Waals surface area contributed by atoms with Gasteiger partial charge in [-0.3, -0.25) is 0 Å². The first-order valence-electron chi connectivity index (χ1n) is 12.1. The molecule has 0 radical (unpaired) electrons. The third-order valence-electron chi connectivity index (χ3n) is 7.00. The van der Waals surface area contributed by atoms with Gasteiger partial charge in [-0.15, -0.1) is 0 Å². The average molecular weight is 457 g/mol. The number of piperidine rings is 1. The van der Waals surface area contributed by atoms with Gasteiger partial charge in [0.1, 0.15) is 11.5 Å². The van der Waals surface area contributed by atoms with Gasteiger partial charge in [-0.05, 0) is 54.7 Å². The van der Waals surface area contributed by atoms with Gasteiger partial charge < -0.3 is 19.5 Å². The molecule has 0 saturated carbocycles. The Morgan fingerprint density at radius 2 is 1.88 bits per heavy atom. The molecule has 0 atom stereocenters. The molecule has 1 aromatic heterocycles. The maximum Gasteiger partial charge on any atom is 0.226 e. The number of fused-ring (bicyclic) bond motifs is 2. The molecule has 0 amide bonds. The lowest BCUT2D eigenvalue weighted by Crippen LogP contribution is -2.45. The number of methoxy groups -OCH3 is 1. The van der Waals surface area contributed by atoms with Crippen molar-refractivity contribution in [2.75, 3.05) is 26.7 Å². The summed E-state index contributed by atoms with van der Waals surface area (Å²) in [7, 11) is 1.70. The normalized spacial score (nSPS) is 18.5. The van der Waals surface area contributed by atoms with Crippen molar-refractivity contribution in [1.29, 1.82) is 0 Å². The molecule has 3 heterocycles. The largest absolute Gasteiger partial charge is 0.496 e. The number of nitrogens with zero attached hydrogens (tertiary/aromatic N) is 2. The molecule has 2 aliphatic rings. The highest BCUT2D eigenvalue weighted by molar-refractivity contribution is 5.74. The molecular formula is C29H32N2O3. The molecule has 5 rings (SSSR count). The predicted octanol–water partition coefficient (Wildman–Crippen LogP) is 5.28. The minimum Gasteiger partial charge on any atom is -0.496 e. The van der Waals surface area contributed by atoms with Crippen molar-refractivity contribution in [2.24, 2.45) is 0 Å². The van der Waals surface area contributed by atoms with Crippen molar-refractivity contribution in [3.63, 3.8) is 0 Å². The van der Waals surface area contributed by atoms with E-state index in [0.717, 1.165) is 74.4 Å². The Hall–Kier alpha value is -3.15. The zero-order valence-electron chi connectivity index (χ0n) is 19.7. The van der Waals surface area contributed by atoms with Gasteiger partial charge in [0, 0.05) is 49.8 Å². The third-order valence-corrected chi connectivity index (χ3v) is 7.00. The summed E-state index contributed by atoms with van der Waals surface area (Å²) >= 11 is 0. The van der Waals surface area contributed by atoms with Gasteiger partial charge in [0.05, 0.1) is 12.7 Å². The van der Waals surface area contributed by atoms with Gasteiger partial charge in [0.2, 0.25) is 5.88 Å². The first kappa shape index (κ1) is 22.6. The van der Waals surface area contributed by atoms with E-state index in [1.165, 1.54) is 11.1 Å². The zero-order valence-corrected chi connectivity index (χ0v) is 19.7. The van der Waals surface area contributed by atoms with E-state index in [1.807, 2.05) is 42.5 Å². The van der Waals surface area contributed by atoms with Crippen LogP contribution in [-0.4, -0.2) is 47.3 Å². The van der Waals surface area contributed by atoms with E-state index in [1.54, 1.807) is 13.3 Å². The second-order valence-corrected chi connectivity index (χ2v) is 9.32. The Balaban J connectivity index is 1.25. The van der Waals surface area contributed by atoms with Crippen molar-refractivity contribution < 1.29 is 14.6 Å². The first-order valence-corrected chi connectivity index (χ1v) is 12.1. The van der Waals surface area contributed by atoms with Gasteiger partial charge in [0.25, 0.3) is 0 Å². The van der Waals surface area contributed by atoms with Crippen molar-refractivity contribution >= 4 is 5.57 Å². The van der Waals surface area contributed by atoms with Crippen LogP contribution in [0.25, 0.3) is 5.57 Å². The highest BCUT2D eigenvalue weighted by Gasteiger charge is 2.32. The molecule has 5 heteroatoms. The minimum atomic E-state index is -0.597. The molecule has 5 nitrogen and oxygen atoms in total. The minimum absolute atomic E-state index is 0.597. The molecule has 34 heavy (non-hydrogen) atoms. The standard InChI is InChI=1S/C29H32N2O3/c1-33-26-12-5-13-27-25(26)20-23(24-11-6-16-30-28(24)34-27)10-7-17-31-18-14-29(32,15-19-31)21-22-8-3-2-4-9-22/h2-6,8-13,16,32H,7,14-15,17-21H2,1H3/b23-10-. The van der Waals surface area contributed by atoms with Gasteiger partial charge in [-0.25, -0.2) is 4.98 Å². The number of likely N-dealkylation sites (tertiary alicyclic amines) is 1. The van der Waals surface area contributed by atoms with Crippen LogP contribution in [0.5, 0.6) is 17.4 Å². The van der Waals surface area contributed by atoms with E-state index >= 15 is 0 Å². The van der Waals surface area contributed by atoms with E-state index in [-0.39, 0.29) is 0 Å². The number of aromatic nitrogens is 1. The number of ether oxygens (including phenoxy) is 2. The molecule has 2 aliphatic heterocycles. The number of aliphatic hydroxyl groups is 1. The Morgan fingerprint density at radius 3 is 2.68 bits per heavy atom. The molecule has 1 N–H and O–H groups in total. The maximum absolute atomic E-state index is 11.1. The van der Waals surface area contributed by atoms with Crippen molar-refractivity contribution in [3.8, 4) is 17.4 Å². The van der Waals surface area contributed by atoms with Crippen LogP contribution in [0.1, 0.15) is 36.0 Å². The number of pyridine rings is 1. The molecule has 0 bridgehead atoms. The fourth-order valence-electron chi connectivity index (χ4n) is 5.06. The molecule has 0 unspecified atom stereocenters. The summed E-state index contributed by atoms with van der Waals surface area (Å²) in [6.45, 7) is 2.81. The van der Waals surface area contributed by atoms with Crippen LogP contribution in [0.4, 0.5) is 0 Å². The lowest BCUT2D eigenvalue weighted by atomic mass is 9.85. The number of benzene rings is 2. The number of hydrogen-bond acceptors (Lipinski definition) is 5. The van der Waals surface area contributed by atoms with E-state index in [0.29, 0.717) is 5.88 Å². The van der Waals surface area contributed by atoms with Gasteiger partial charge in [-0.2, -0.15) is 0 Å². The summed E-state index contributed by atoms with van der Waals surface area (Å²) in [5.74, 6) is 2.28. The van der Waals surface area contributed by atoms with Crippen LogP contribution in [0.2, 0.25) is 0 Å². The van der Waals surface area contributed by atoms with Crippen LogP contribution in [0.15, 0.2) is 72.9 Å². The summed E-state index contributed by atoms with van der Waals surface area (Å²) in [6.07, 6.45) is 8.12. The van der Waals surface area contributed by atoms with E-state index < -0.39 is 5.60 Å². The summed E-state index contributed by atoms with van der Waals surface area (Å²) in [4.78, 5) is 6.95. The summed E-state index contributed by atoms with van der Waals surface area (Å²) in [6, 6.07) is 20.3. The van der Waals surface area contributed by atoms with E-state index in [2.05, 4.69) is 34.2 Å². The Labute approximate surface area is 201 Å². The summed E-state index contributed by atoms with van der Waals surface area (Å²) < 4.78 is 11.8. The average Bonchev–Trinajstić information content (AvgIpc) is 3.02. The quantitative estimate of drug-likeness (QED) is 0.547. The zero-order chi connectivity index (χ0) is 23.4. The number of rotatable bonds is 6. The topological polar surface area (TPSA) is 54.8 Å². The van der Waals surface area contributed by atoms with E-state index in [4.69, 9.17) is 9.47 Å². The van der Waals surface area contributed by atoms with Crippen LogP contribution < -0.4 is 9.47 Å². The molecule has 2 aromatic carbocycles. The summed E-state index contributed by atoms with van der Waals surface area (Å²) in [5.41, 5.74) is 3.92. The second-order valence-electron chi connectivity index (χ2n) is 9.32. The molecule has 0 spiro atoms. The first-order chi connectivity index (χ1) is 16.6. The van der Waals surface area contributed by atoms with E-state index in [9.17, 15) is 5.11 Å². The lowest BCUT2D eigenvalue weighted by molar-refractivity contribution is -0.0201. The maximum atomic E-state index is 11.1. The van der Waals surface area contributed by atoms with Crippen LogP contribution in [-0.2, 0) is 12.8 Å². The molecule has 1 saturated heterocycles. The smallest absolute Gasteiger partial charge is 0.226 e. The van der Waals surface area contributed by atoms with Crippen molar-refractivity contribution in [2.45, 2.75) is 37.7 Å². The molecule has 3 aromatic rings. The highest BCUT2D eigenvalue weighted by Crippen LogP contribution is 2.41. The number of hydrogen-bond donors (Lipinski definition) is 1. The lowest BCUT2D eigenvalue weighted by Gasteiger charge is -2.38. The molecule has 176 valence electrons.